The monoisotopic (exact) mass is 176 g/mol. The van der Waals surface area contributed by atoms with E-state index in [1.54, 1.807) is 18.5 Å². The molecule has 0 aromatic carbocycles. The summed E-state index contributed by atoms with van der Waals surface area (Å²) in [7, 11) is 0. The van der Waals surface area contributed by atoms with E-state index in [2.05, 4.69) is 11.9 Å². The highest BCUT2D eigenvalue weighted by molar-refractivity contribution is 6.03. The topological polar surface area (TPSA) is 56.0 Å². The number of ketones is 1. The van der Waals surface area contributed by atoms with Gasteiger partial charge in [0.25, 0.3) is 0 Å². The summed E-state index contributed by atoms with van der Waals surface area (Å²) in [6, 6.07) is 1.67. The molecule has 0 radical (unpaired) electrons. The molecule has 2 rings (SSSR count). The first-order valence-corrected chi connectivity index (χ1v) is 4.44. The third kappa shape index (κ3) is 1.41. The number of nitrogen functional groups attached to an aromatic ring is 1. The second-order valence-electron chi connectivity index (χ2n) is 3.65. The first kappa shape index (κ1) is 8.23. The minimum Gasteiger partial charge on any atom is -0.398 e. The van der Waals surface area contributed by atoms with E-state index in [0.717, 1.165) is 6.42 Å². The lowest BCUT2D eigenvalue weighted by Crippen LogP contribution is -2.06. The summed E-state index contributed by atoms with van der Waals surface area (Å²) in [5.74, 6) is 0.858. The van der Waals surface area contributed by atoms with Crippen LogP contribution in [0.15, 0.2) is 18.5 Å². The number of carbonyl (C=O) groups is 1. The molecule has 1 fully saturated rings. The van der Waals surface area contributed by atoms with Crippen LogP contribution in [-0.4, -0.2) is 10.8 Å². The Hall–Kier alpha value is -1.38. The maximum absolute atomic E-state index is 11.7. The molecule has 1 aromatic rings. The van der Waals surface area contributed by atoms with E-state index in [9.17, 15) is 4.79 Å². The Kier molecular flexibility index (Phi) is 1.79. The van der Waals surface area contributed by atoms with Gasteiger partial charge in [0.15, 0.2) is 5.78 Å². The highest BCUT2D eigenvalue weighted by Gasteiger charge is 2.39. The molecule has 3 heteroatoms. The molecule has 0 saturated heterocycles. The fourth-order valence-corrected chi connectivity index (χ4v) is 1.50. The second kappa shape index (κ2) is 2.83. The van der Waals surface area contributed by atoms with Crippen molar-refractivity contribution in [3.8, 4) is 0 Å². The van der Waals surface area contributed by atoms with E-state index in [0.29, 0.717) is 17.2 Å². The maximum atomic E-state index is 11.7. The molecule has 2 unspecified atom stereocenters. The number of Topliss-reactive ketones (excluding diaryl/α,β-unsaturated/α-hetero) is 1. The largest absolute Gasteiger partial charge is 0.398 e. The molecule has 13 heavy (non-hydrogen) atoms. The Bertz CT molecular complexity index is 349. The predicted octanol–water partition coefficient (Wildman–Crippen LogP) is 1.50. The molecule has 1 saturated carbocycles. The van der Waals surface area contributed by atoms with E-state index in [4.69, 9.17) is 5.73 Å². The van der Waals surface area contributed by atoms with Crippen molar-refractivity contribution >= 4 is 11.5 Å². The van der Waals surface area contributed by atoms with Crippen molar-refractivity contribution in [3.63, 3.8) is 0 Å². The number of nitrogens with zero attached hydrogens (tertiary/aromatic N) is 1. The van der Waals surface area contributed by atoms with Gasteiger partial charge < -0.3 is 5.73 Å². The molecule has 2 N–H and O–H groups in total. The third-order valence-electron chi connectivity index (χ3n) is 2.57. The second-order valence-corrected chi connectivity index (χ2v) is 3.65. The van der Waals surface area contributed by atoms with Gasteiger partial charge in [-0.25, -0.2) is 0 Å². The molecular weight excluding hydrogens is 164 g/mol. The molecule has 0 aliphatic heterocycles. The van der Waals surface area contributed by atoms with Crippen LogP contribution in [0.1, 0.15) is 23.7 Å². The number of aromatic nitrogens is 1. The molecule has 1 aliphatic carbocycles. The Morgan fingerprint density at radius 3 is 2.92 bits per heavy atom. The Balaban J connectivity index is 2.25. The fraction of sp³-hybridized carbons (Fsp3) is 0.400. The van der Waals surface area contributed by atoms with Crippen molar-refractivity contribution in [2.75, 3.05) is 5.73 Å². The van der Waals surface area contributed by atoms with E-state index in [1.807, 2.05) is 0 Å². The first-order chi connectivity index (χ1) is 6.20. The molecule has 1 aliphatic rings. The predicted molar refractivity (Wildman–Crippen MR) is 50.3 cm³/mol. The lowest BCUT2D eigenvalue weighted by atomic mass is 10.1. The standard InChI is InChI=1S/C10H12N2O/c1-6-4-7(6)10(13)8-5-12-3-2-9(8)11/h2-3,5-7H,4H2,1H3,(H2,11,12). The molecule has 2 atom stereocenters. The molecular formula is C10H12N2O. The number of hydrogen-bond acceptors (Lipinski definition) is 3. The average Bonchev–Trinajstić information content (AvgIpc) is 2.82. The van der Waals surface area contributed by atoms with Gasteiger partial charge in [-0.2, -0.15) is 0 Å². The molecule has 0 spiro atoms. The van der Waals surface area contributed by atoms with Crippen molar-refractivity contribution in [1.82, 2.24) is 4.98 Å². The van der Waals surface area contributed by atoms with Crippen LogP contribution in [0.2, 0.25) is 0 Å². The lowest BCUT2D eigenvalue weighted by molar-refractivity contribution is 0.0963. The number of anilines is 1. The van der Waals surface area contributed by atoms with Gasteiger partial charge in [0.1, 0.15) is 0 Å². The SMILES string of the molecule is CC1CC1C(=O)c1cnccc1N. The smallest absolute Gasteiger partial charge is 0.169 e. The van der Waals surface area contributed by atoms with Crippen molar-refractivity contribution in [2.24, 2.45) is 11.8 Å². The van der Waals surface area contributed by atoms with Crippen LogP contribution < -0.4 is 5.73 Å². The van der Waals surface area contributed by atoms with Gasteiger partial charge in [0.05, 0.1) is 5.56 Å². The third-order valence-corrected chi connectivity index (χ3v) is 2.57. The molecule has 1 heterocycles. The van der Waals surface area contributed by atoms with Crippen LogP contribution in [0.3, 0.4) is 0 Å². The average molecular weight is 176 g/mol. The number of carbonyl (C=O) groups excluding carboxylic acids is 1. The van der Waals surface area contributed by atoms with Gasteiger partial charge in [0, 0.05) is 24.0 Å². The van der Waals surface area contributed by atoms with Crippen molar-refractivity contribution < 1.29 is 4.79 Å². The van der Waals surface area contributed by atoms with E-state index >= 15 is 0 Å². The summed E-state index contributed by atoms with van der Waals surface area (Å²) in [4.78, 5) is 15.6. The Morgan fingerprint density at radius 1 is 1.69 bits per heavy atom. The minimum absolute atomic E-state index is 0.151. The van der Waals surface area contributed by atoms with Crippen molar-refractivity contribution in [3.05, 3.63) is 24.0 Å². The zero-order valence-corrected chi connectivity index (χ0v) is 7.53. The zero-order chi connectivity index (χ0) is 9.42. The normalized spacial score (nSPS) is 25.6. The zero-order valence-electron chi connectivity index (χ0n) is 7.53. The maximum Gasteiger partial charge on any atom is 0.169 e. The van der Waals surface area contributed by atoms with Crippen LogP contribution in [0.4, 0.5) is 5.69 Å². The van der Waals surface area contributed by atoms with Crippen LogP contribution in [0.25, 0.3) is 0 Å². The van der Waals surface area contributed by atoms with Gasteiger partial charge in [-0.3, -0.25) is 9.78 Å². The van der Waals surface area contributed by atoms with Gasteiger partial charge in [0.2, 0.25) is 0 Å². The van der Waals surface area contributed by atoms with E-state index < -0.39 is 0 Å². The summed E-state index contributed by atoms with van der Waals surface area (Å²) >= 11 is 0. The van der Waals surface area contributed by atoms with Gasteiger partial charge in [-0.05, 0) is 18.4 Å². The van der Waals surface area contributed by atoms with Gasteiger partial charge >= 0.3 is 0 Å². The van der Waals surface area contributed by atoms with Gasteiger partial charge in [-0.15, -0.1) is 0 Å². The lowest BCUT2D eigenvalue weighted by Gasteiger charge is -2.01. The van der Waals surface area contributed by atoms with Crippen LogP contribution in [-0.2, 0) is 0 Å². The van der Waals surface area contributed by atoms with Crippen molar-refractivity contribution in [1.29, 1.82) is 0 Å². The Morgan fingerprint density at radius 2 is 2.38 bits per heavy atom. The highest BCUT2D eigenvalue weighted by Crippen LogP contribution is 2.40. The Labute approximate surface area is 77.0 Å². The summed E-state index contributed by atoms with van der Waals surface area (Å²) in [5, 5.41) is 0. The molecule has 1 aromatic heterocycles. The first-order valence-electron chi connectivity index (χ1n) is 4.44. The molecule has 68 valence electrons. The van der Waals surface area contributed by atoms with Crippen LogP contribution >= 0.6 is 0 Å². The number of rotatable bonds is 2. The molecule has 0 amide bonds. The number of hydrogen-bond donors (Lipinski definition) is 1. The van der Waals surface area contributed by atoms with Crippen molar-refractivity contribution in [2.45, 2.75) is 13.3 Å². The summed E-state index contributed by atoms with van der Waals surface area (Å²) in [6.07, 6.45) is 4.15. The number of pyridine rings is 1. The minimum atomic E-state index is 0.151. The summed E-state index contributed by atoms with van der Waals surface area (Å²) in [6.45, 7) is 2.08. The highest BCUT2D eigenvalue weighted by atomic mass is 16.1. The summed E-state index contributed by atoms with van der Waals surface area (Å²) in [5.41, 5.74) is 6.79. The fourth-order valence-electron chi connectivity index (χ4n) is 1.50. The molecule has 0 bridgehead atoms. The quantitative estimate of drug-likeness (QED) is 0.695. The van der Waals surface area contributed by atoms with E-state index in [1.165, 1.54) is 0 Å². The van der Waals surface area contributed by atoms with Gasteiger partial charge in [-0.1, -0.05) is 6.92 Å². The number of nitrogens with two attached hydrogens (primary N) is 1. The van der Waals surface area contributed by atoms with E-state index in [-0.39, 0.29) is 11.7 Å². The summed E-state index contributed by atoms with van der Waals surface area (Å²) < 4.78 is 0. The molecule has 3 nitrogen and oxygen atoms in total. The van der Waals surface area contributed by atoms with Crippen LogP contribution in [0.5, 0.6) is 0 Å². The van der Waals surface area contributed by atoms with Crippen LogP contribution in [0, 0.1) is 11.8 Å².